The van der Waals surface area contributed by atoms with Gasteiger partial charge < -0.3 is 4.74 Å². The third-order valence-electron chi connectivity index (χ3n) is 2.62. The number of halogens is 2. The highest BCUT2D eigenvalue weighted by molar-refractivity contribution is 9.09. The van der Waals surface area contributed by atoms with Crippen LogP contribution in [-0.2, 0) is 0 Å². The van der Waals surface area contributed by atoms with E-state index in [2.05, 4.69) is 15.9 Å². The lowest BCUT2D eigenvalue weighted by atomic mass is 10.1. The van der Waals surface area contributed by atoms with Gasteiger partial charge in [-0.05, 0) is 25.0 Å². The lowest BCUT2D eigenvalue weighted by Crippen LogP contribution is -1.98. The van der Waals surface area contributed by atoms with Gasteiger partial charge in [-0.2, -0.15) is 0 Å². The summed E-state index contributed by atoms with van der Waals surface area (Å²) in [5.74, 6) is 0.916. The highest BCUT2D eigenvalue weighted by Gasteiger charge is 2.04. The van der Waals surface area contributed by atoms with Crippen molar-refractivity contribution in [2.75, 3.05) is 11.9 Å². The summed E-state index contributed by atoms with van der Waals surface area (Å²) >= 11 is 9.56. The average molecular weight is 314 g/mol. The highest BCUT2D eigenvalue weighted by atomic mass is 79.9. The van der Waals surface area contributed by atoms with Gasteiger partial charge in [0.05, 0.1) is 6.61 Å². The molecule has 90 valence electrons. The van der Waals surface area contributed by atoms with Gasteiger partial charge in [-0.25, -0.2) is 0 Å². The fraction of sp³-hybridized carbons (Fsp3) is 0.286. The van der Waals surface area contributed by atoms with Gasteiger partial charge >= 0.3 is 0 Å². The largest absolute Gasteiger partial charge is 0.493 e. The Balaban J connectivity index is 2.20. The first-order chi connectivity index (χ1) is 8.33. The van der Waals surface area contributed by atoms with Gasteiger partial charge in [0.1, 0.15) is 5.75 Å². The maximum absolute atomic E-state index is 6.15. The normalized spacial score (nSPS) is 10.7. The standard InChI is InChI=1S/C14H14BrClO/c15-9-3-4-10-17-14-8-7-13(16)11-5-1-2-6-12(11)14/h1-2,5-8H,3-4,9-10H2. The molecular weight excluding hydrogens is 300 g/mol. The number of hydrogen-bond donors (Lipinski definition) is 0. The Bertz CT molecular complexity index is 499. The lowest BCUT2D eigenvalue weighted by Gasteiger charge is -2.09. The summed E-state index contributed by atoms with van der Waals surface area (Å²) in [6.45, 7) is 0.747. The molecule has 0 saturated carbocycles. The molecule has 0 bridgehead atoms. The zero-order chi connectivity index (χ0) is 12.1. The van der Waals surface area contributed by atoms with Crippen LogP contribution in [0.25, 0.3) is 10.8 Å². The minimum Gasteiger partial charge on any atom is -0.493 e. The number of ether oxygens (including phenoxy) is 1. The summed E-state index contributed by atoms with van der Waals surface area (Å²) in [6.07, 6.45) is 2.19. The van der Waals surface area contributed by atoms with Crippen LogP contribution in [0, 0.1) is 0 Å². The number of hydrogen-bond acceptors (Lipinski definition) is 1. The average Bonchev–Trinajstić information content (AvgIpc) is 2.37. The Morgan fingerprint density at radius 3 is 2.53 bits per heavy atom. The second kappa shape index (κ2) is 6.27. The van der Waals surface area contributed by atoms with Crippen molar-refractivity contribution in [1.82, 2.24) is 0 Å². The third kappa shape index (κ3) is 3.14. The summed E-state index contributed by atoms with van der Waals surface area (Å²) in [5, 5.41) is 3.93. The fourth-order valence-electron chi connectivity index (χ4n) is 1.74. The molecule has 0 aliphatic rings. The Labute approximate surface area is 115 Å². The van der Waals surface area contributed by atoms with Gasteiger partial charge in [0.2, 0.25) is 0 Å². The van der Waals surface area contributed by atoms with Crippen molar-refractivity contribution in [2.45, 2.75) is 12.8 Å². The molecule has 0 aliphatic heterocycles. The van der Waals surface area contributed by atoms with E-state index >= 15 is 0 Å². The molecule has 2 aromatic rings. The predicted octanol–water partition coefficient (Wildman–Crippen LogP) is 5.05. The van der Waals surface area contributed by atoms with Crippen molar-refractivity contribution >= 4 is 38.3 Å². The zero-order valence-electron chi connectivity index (χ0n) is 9.46. The number of benzene rings is 2. The number of alkyl halides is 1. The summed E-state index contributed by atoms with van der Waals surface area (Å²) < 4.78 is 5.80. The Kier molecular flexibility index (Phi) is 4.69. The molecule has 0 aliphatic carbocycles. The Morgan fingerprint density at radius 2 is 1.76 bits per heavy atom. The molecule has 0 heterocycles. The van der Waals surface area contributed by atoms with E-state index in [1.54, 1.807) is 0 Å². The second-order valence-electron chi connectivity index (χ2n) is 3.84. The van der Waals surface area contributed by atoms with Crippen molar-refractivity contribution in [3.05, 3.63) is 41.4 Å². The van der Waals surface area contributed by atoms with Crippen LogP contribution < -0.4 is 4.74 Å². The third-order valence-corrected chi connectivity index (χ3v) is 3.51. The van der Waals surface area contributed by atoms with Crippen molar-refractivity contribution in [1.29, 1.82) is 0 Å². The van der Waals surface area contributed by atoms with Gasteiger partial charge in [0, 0.05) is 21.1 Å². The van der Waals surface area contributed by atoms with Crippen LogP contribution in [0.5, 0.6) is 5.75 Å². The summed E-state index contributed by atoms with van der Waals surface area (Å²) in [5.41, 5.74) is 0. The number of fused-ring (bicyclic) bond motifs is 1. The predicted molar refractivity (Wildman–Crippen MR) is 77.5 cm³/mol. The molecule has 0 radical (unpaired) electrons. The molecule has 0 fully saturated rings. The first-order valence-corrected chi connectivity index (χ1v) is 7.19. The van der Waals surface area contributed by atoms with Crippen LogP contribution in [0.15, 0.2) is 36.4 Å². The second-order valence-corrected chi connectivity index (χ2v) is 5.04. The van der Waals surface area contributed by atoms with E-state index in [9.17, 15) is 0 Å². The first kappa shape index (κ1) is 12.7. The van der Waals surface area contributed by atoms with Crippen molar-refractivity contribution in [3.8, 4) is 5.75 Å². The van der Waals surface area contributed by atoms with Gasteiger partial charge in [0.15, 0.2) is 0 Å². The quantitative estimate of drug-likeness (QED) is 0.554. The van der Waals surface area contributed by atoms with Crippen molar-refractivity contribution in [3.63, 3.8) is 0 Å². The minimum atomic E-state index is 0.747. The fourth-order valence-corrected chi connectivity index (χ4v) is 2.36. The maximum atomic E-state index is 6.15. The molecule has 2 aromatic carbocycles. The highest BCUT2D eigenvalue weighted by Crippen LogP contribution is 2.31. The minimum absolute atomic E-state index is 0.747. The SMILES string of the molecule is Clc1ccc(OCCCCBr)c2ccccc12. The molecule has 17 heavy (non-hydrogen) atoms. The molecule has 0 atom stereocenters. The molecular formula is C14H14BrClO. The monoisotopic (exact) mass is 312 g/mol. The van der Waals surface area contributed by atoms with E-state index in [-0.39, 0.29) is 0 Å². The van der Waals surface area contributed by atoms with Crippen LogP contribution in [0.1, 0.15) is 12.8 Å². The van der Waals surface area contributed by atoms with Gasteiger partial charge in [-0.15, -0.1) is 0 Å². The molecule has 2 rings (SSSR count). The van der Waals surface area contributed by atoms with Crippen LogP contribution >= 0.6 is 27.5 Å². The van der Waals surface area contributed by atoms with E-state index < -0.39 is 0 Å². The molecule has 0 amide bonds. The van der Waals surface area contributed by atoms with Crippen molar-refractivity contribution < 1.29 is 4.74 Å². The van der Waals surface area contributed by atoms with Crippen LogP contribution in [0.3, 0.4) is 0 Å². The van der Waals surface area contributed by atoms with Crippen LogP contribution in [-0.4, -0.2) is 11.9 Å². The molecule has 0 saturated heterocycles. The topological polar surface area (TPSA) is 9.23 Å². The van der Waals surface area contributed by atoms with E-state index in [1.807, 2.05) is 36.4 Å². The molecule has 0 aromatic heterocycles. The summed E-state index contributed by atoms with van der Waals surface area (Å²) in [4.78, 5) is 0. The smallest absolute Gasteiger partial charge is 0.127 e. The Morgan fingerprint density at radius 1 is 1.00 bits per heavy atom. The zero-order valence-corrected chi connectivity index (χ0v) is 11.8. The molecule has 0 spiro atoms. The molecule has 3 heteroatoms. The van der Waals surface area contributed by atoms with Crippen LogP contribution in [0.4, 0.5) is 0 Å². The number of rotatable bonds is 5. The van der Waals surface area contributed by atoms with Gasteiger partial charge in [-0.1, -0.05) is 51.8 Å². The van der Waals surface area contributed by atoms with E-state index in [1.165, 1.54) is 0 Å². The Hall–Kier alpha value is -0.730. The maximum Gasteiger partial charge on any atom is 0.127 e. The number of unbranched alkanes of at least 4 members (excludes halogenated alkanes) is 1. The summed E-state index contributed by atoms with van der Waals surface area (Å²) in [7, 11) is 0. The molecule has 0 N–H and O–H groups in total. The van der Waals surface area contributed by atoms with E-state index in [4.69, 9.17) is 16.3 Å². The summed E-state index contributed by atoms with van der Waals surface area (Å²) in [6, 6.07) is 11.9. The molecule has 1 nitrogen and oxygen atoms in total. The van der Waals surface area contributed by atoms with Crippen molar-refractivity contribution in [2.24, 2.45) is 0 Å². The van der Waals surface area contributed by atoms with E-state index in [0.717, 1.165) is 46.3 Å². The van der Waals surface area contributed by atoms with Gasteiger partial charge in [0.25, 0.3) is 0 Å². The molecule has 0 unspecified atom stereocenters. The first-order valence-electron chi connectivity index (χ1n) is 5.69. The lowest BCUT2D eigenvalue weighted by molar-refractivity contribution is 0.313. The van der Waals surface area contributed by atoms with Gasteiger partial charge in [-0.3, -0.25) is 0 Å². The van der Waals surface area contributed by atoms with Crippen LogP contribution in [0.2, 0.25) is 5.02 Å². The van der Waals surface area contributed by atoms with E-state index in [0.29, 0.717) is 0 Å².